The third kappa shape index (κ3) is 2.69. The Labute approximate surface area is 112 Å². The maximum atomic E-state index is 12.4. The highest BCUT2D eigenvalue weighted by atomic mass is 35.5. The molecule has 100 valence electrons. The number of aliphatic hydroxyl groups is 1. The van der Waals surface area contributed by atoms with Crippen LogP contribution in [0.2, 0.25) is 5.02 Å². The quantitative estimate of drug-likeness (QED) is 0.903. The van der Waals surface area contributed by atoms with E-state index in [-0.39, 0.29) is 11.4 Å². The molecule has 0 aromatic heterocycles. The van der Waals surface area contributed by atoms with Crippen molar-refractivity contribution in [2.24, 2.45) is 0 Å². The first kappa shape index (κ1) is 13.8. The van der Waals surface area contributed by atoms with Crippen molar-refractivity contribution < 1.29 is 13.5 Å². The van der Waals surface area contributed by atoms with Crippen molar-refractivity contribution in [2.75, 3.05) is 13.1 Å². The molecule has 0 radical (unpaired) electrons. The Morgan fingerprint density at radius 3 is 2.78 bits per heavy atom. The van der Waals surface area contributed by atoms with Crippen molar-refractivity contribution in [2.45, 2.75) is 30.8 Å². The van der Waals surface area contributed by atoms with Crippen molar-refractivity contribution >= 4 is 21.6 Å². The standard InChI is InChI=1S/C12H16ClNO3S/c1-9-4-5-11(7-12(9)13)18(16,17)14-6-2-3-10(15)8-14/h4-5,7,10,15H,2-3,6,8H2,1H3/t10-/m0/s1. The SMILES string of the molecule is Cc1ccc(S(=O)(=O)N2CCC[C@H](O)C2)cc1Cl. The number of benzene rings is 1. The normalized spacial score (nSPS) is 22.1. The molecule has 18 heavy (non-hydrogen) atoms. The first-order valence-electron chi connectivity index (χ1n) is 5.85. The lowest BCUT2D eigenvalue weighted by atomic mass is 10.1. The van der Waals surface area contributed by atoms with Crippen LogP contribution in [-0.2, 0) is 10.0 Å². The van der Waals surface area contributed by atoms with Crippen LogP contribution in [0, 0.1) is 6.92 Å². The molecule has 0 amide bonds. The van der Waals surface area contributed by atoms with Gasteiger partial charge in [0.25, 0.3) is 0 Å². The van der Waals surface area contributed by atoms with Crippen molar-refractivity contribution in [3.05, 3.63) is 28.8 Å². The summed E-state index contributed by atoms with van der Waals surface area (Å²) in [6, 6.07) is 4.71. The first-order valence-corrected chi connectivity index (χ1v) is 7.67. The maximum absolute atomic E-state index is 12.4. The van der Waals surface area contributed by atoms with E-state index in [4.69, 9.17) is 11.6 Å². The van der Waals surface area contributed by atoms with Crippen LogP contribution in [0.15, 0.2) is 23.1 Å². The lowest BCUT2D eigenvalue weighted by molar-refractivity contribution is 0.108. The number of β-amino-alcohol motifs (C(OH)–C–C–N with tert-alkyl or cyclic N) is 1. The highest BCUT2D eigenvalue weighted by Crippen LogP contribution is 2.24. The second-order valence-electron chi connectivity index (χ2n) is 4.57. The predicted octanol–water partition coefficient (Wildman–Crippen LogP) is 1.79. The minimum Gasteiger partial charge on any atom is -0.392 e. The van der Waals surface area contributed by atoms with Crippen LogP contribution < -0.4 is 0 Å². The smallest absolute Gasteiger partial charge is 0.243 e. The van der Waals surface area contributed by atoms with Gasteiger partial charge >= 0.3 is 0 Å². The number of halogens is 1. The molecule has 1 saturated heterocycles. The molecule has 6 heteroatoms. The van der Waals surface area contributed by atoms with E-state index < -0.39 is 16.1 Å². The molecule has 1 N–H and O–H groups in total. The van der Waals surface area contributed by atoms with E-state index in [1.807, 2.05) is 6.92 Å². The fraction of sp³-hybridized carbons (Fsp3) is 0.500. The van der Waals surface area contributed by atoms with Crippen molar-refractivity contribution in [3.8, 4) is 0 Å². The van der Waals surface area contributed by atoms with E-state index in [9.17, 15) is 13.5 Å². The molecule has 0 spiro atoms. The molecule has 4 nitrogen and oxygen atoms in total. The van der Waals surface area contributed by atoms with Gasteiger partial charge in [-0.05, 0) is 37.5 Å². The molecule has 0 saturated carbocycles. The van der Waals surface area contributed by atoms with Gasteiger partial charge in [0.1, 0.15) is 0 Å². The summed E-state index contributed by atoms with van der Waals surface area (Å²) in [6.45, 7) is 2.43. The molecular weight excluding hydrogens is 274 g/mol. The van der Waals surface area contributed by atoms with Crippen LogP contribution in [0.1, 0.15) is 18.4 Å². The minimum absolute atomic E-state index is 0.161. The summed E-state index contributed by atoms with van der Waals surface area (Å²) >= 11 is 5.96. The Morgan fingerprint density at radius 2 is 2.17 bits per heavy atom. The van der Waals surface area contributed by atoms with Gasteiger partial charge in [-0.15, -0.1) is 0 Å². The molecule has 1 fully saturated rings. The largest absolute Gasteiger partial charge is 0.392 e. The number of aryl methyl sites for hydroxylation is 1. The average Bonchev–Trinajstić information content (AvgIpc) is 2.32. The van der Waals surface area contributed by atoms with E-state index in [1.165, 1.54) is 10.4 Å². The fourth-order valence-electron chi connectivity index (χ4n) is 2.02. The third-order valence-corrected chi connectivity index (χ3v) is 5.41. The van der Waals surface area contributed by atoms with Gasteiger partial charge in [-0.25, -0.2) is 8.42 Å². The van der Waals surface area contributed by atoms with E-state index in [0.717, 1.165) is 5.56 Å². The van der Waals surface area contributed by atoms with Gasteiger partial charge in [-0.2, -0.15) is 4.31 Å². The number of aliphatic hydroxyl groups excluding tert-OH is 1. The van der Waals surface area contributed by atoms with Crippen LogP contribution in [0.25, 0.3) is 0 Å². The van der Waals surface area contributed by atoms with Gasteiger partial charge in [0.15, 0.2) is 0 Å². The minimum atomic E-state index is -3.55. The molecule has 2 rings (SSSR count). The number of hydrogen-bond acceptors (Lipinski definition) is 3. The van der Waals surface area contributed by atoms with Gasteiger partial charge in [-0.1, -0.05) is 17.7 Å². The van der Waals surface area contributed by atoms with Gasteiger partial charge in [0.2, 0.25) is 10.0 Å². The highest BCUT2D eigenvalue weighted by molar-refractivity contribution is 7.89. The zero-order chi connectivity index (χ0) is 13.3. The van der Waals surface area contributed by atoms with Crippen LogP contribution in [0.5, 0.6) is 0 Å². The molecule has 1 aliphatic rings. The molecule has 1 heterocycles. The fourth-order valence-corrected chi connectivity index (χ4v) is 3.81. The molecule has 1 aliphatic heterocycles. The molecule has 1 aromatic carbocycles. The predicted molar refractivity (Wildman–Crippen MR) is 70.2 cm³/mol. The zero-order valence-corrected chi connectivity index (χ0v) is 11.7. The van der Waals surface area contributed by atoms with Crippen molar-refractivity contribution in [1.82, 2.24) is 4.31 Å². The van der Waals surface area contributed by atoms with Gasteiger partial charge in [0, 0.05) is 18.1 Å². The zero-order valence-electron chi connectivity index (χ0n) is 10.1. The van der Waals surface area contributed by atoms with Gasteiger partial charge < -0.3 is 5.11 Å². The average molecular weight is 290 g/mol. The molecule has 0 bridgehead atoms. The summed E-state index contributed by atoms with van der Waals surface area (Å²) in [5.41, 5.74) is 0.842. The Bertz CT molecular complexity index is 544. The van der Waals surface area contributed by atoms with E-state index in [2.05, 4.69) is 0 Å². The van der Waals surface area contributed by atoms with E-state index in [0.29, 0.717) is 24.4 Å². The highest BCUT2D eigenvalue weighted by Gasteiger charge is 2.29. The maximum Gasteiger partial charge on any atom is 0.243 e. The van der Waals surface area contributed by atoms with Crippen molar-refractivity contribution in [3.63, 3.8) is 0 Å². The summed E-state index contributed by atoms with van der Waals surface area (Å²) in [5.74, 6) is 0. The number of piperidine rings is 1. The molecule has 0 aliphatic carbocycles. The second kappa shape index (κ2) is 5.17. The monoisotopic (exact) mass is 289 g/mol. The summed E-state index contributed by atoms with van der Waals surface area (Å²) in [5, 5.41) is 9.99. The molecule has 1 atom stereocenters. The summed E-state index contributed by atoms with van der Waals surface area (Å²) < 4.78 is 26.0. The lowest BCUT2D eigenvalue weighted by Crippen LogP contribution is -2.42. The van der Waals surface area contributed by atoms with Crippen LogP contribution >= 0.6 is 11.6 Å². The summed E-state index contributed by atoms with van der Waals surface area (Å²) in [4.78, 5) is 0.187. The van der Waals surface area contributed by atoms with E-state index in [1.54, 1.807) is 12.1 Å². The Balaban J connectivity index is 2.32. The summed E-state index contributed by atoms with van der Waals surface area (Å²) in [7, 11) is -3.55. The molecule has 1 aromatic rings. The summed E-state index contributed by atoms with van der Waals surface area (Å²) in [6.07, 6.45) is 0.759. The van der Waals surface area contributed by atoms with Crippen LogP contribution in [0.3, 0.4) is 0 Å². The van der Waals surface area contributed by atoms with E-state index >= 15 is 0 Å². The van der Waals surface area contributed by atoms with Crippen LogP contribution in [0.4, 0.5) is 0 Å². The molecule has 0 unspecified atom stereocenters. The number of hydrogen-bond donors (Lipinski definition) is 1. The third-order valence-electron chi connectivity index (χ3n) is 3.14. The molecular formula is C12H16ClNO3S. The lowest BCUT2D eigenvalue weighted by Gasteiger charge is -2.29. The van der Waals surface area contributed by atoms with Crippen molar-refractivity contribution in [1.29, 1.82) is 0 Å². The Kier molecular flexibility index (Phi) is 3.96. The first-order chi connectivity index (χ1) is 8.41. The number of nitrogens with zero attached hydrogens (tertiary/aromatic N) is 1. The number of sulfonamides is 1. The topological polar surface area (TPSA) is 57.6 Å². The Morgan fingerprint density at radius 1 is 1.44 bits per heavy atom. The van der Waals surface area contributed by atoms with Gasteiger partial charge in [0.05, 0.1) is 11.0 Å². The number of rotatable bonds is 2. The Hall–Kier alpha value is -0.620. The van der Waals surface area contributed by atoms with Crippen LogP contribution in [-0.4, -0.2) is 37.0 Å². The second-order valence-corrected chi connectivity index (χ2v) is 6.92. The van der Waals surface area contributed by atoms with Gasteiger partial charge in [-0.3, -0.25) is 0 Å².